The minimum atomic E-state index is -1.02. The van der Waals surface area contributed by atoms with Crippen LogP contribution in [-0.2, 0) is 14.4 Å². The Bertz CT molecular complexity index is 627. The molecule has 0 unspecified atom stereocenters. The van der Waals surface area contributed by atoms with Crippen molar-refractivity contribution in [1.82, 2.24) is 9.99 Å². The summed E-state index contributed by atoms with van der Waals surface area (Å²) in [7, 11) is 0. The number of carbonyl (C=O) groups excluding carboxylic acids is 3. The molecular weight excluding hydrogens is 326 g/mol. The summed E-state index contributed by atoms with van der Waals surface area (Å²) >= 11 is 0. The lowest BCUT2D eigenvalue weighted by Gasteiger charge is -2.26. The summed E-state index contributed by atoms with van der Waals surface area (Å²) in [4.78, 5) is 37.0. The second-order valence-corrected chi connectivity index (χ2v) is 6.76. The van der Waals surface area contributed by atoms with Gasteiger partial charge in [0.1, 0.15) is 0 Å². The lowest BCUT2D eigenvalue weighted by atomic mass is 9.88. The van der Waals surface area contributed by atoms with Crippen LogP contribution in [0.15, 0.2) is 12.1 Å². The average molecular weight is 351 g/mol. The molecule has 4 N–H and O–H groups in total. The number of hydrogen-bond donors (Lipinski definition) is 4. The number of aromatic nitrogens is 1. The summed E-state index contributed by atoms with van der Waals surface area (Å²) < 4.78 is 0.695. The largest absolute Gasteiger partial charge is 0.493 e. The normalized spacial score (nSPS) is 16.4. The van der Waals surface area contributed by atoms with E-state index in [2.05, 4.69) is 10.7 Å². The molecule has 1 aliphatic rings. The lowest BCUT2D eigenvalue weighted by molar-refractivity contribution is -0.139. The van der Waals surface area contributed by atoms with Gasteiger partial charge >= 0.3 is 5.91 Å². The average Bonchev–Trinajstić information content (AvgIpc) is 2.91. The first kappa shape index (κ1) is 18.8. The van der Waals surface area contributed by atoms with Gasteiger partial charge in [-0.1, -0.05) is 33.1 Å². The molecule has 1 aliphatic carbocycles. The van der Waals surface area contributed by atoms with Gasteiger partial charge in [0, 0.05) is 18.1 Å². The van der Waals surface area contributed by atoms with Gasteiger partial charge in [-0.15, -0.1) is 0 Å². The summed E-state index contributed by atoms with van der Waals surface area (Å²) in [5.41, 5.74) is 2.12. The lowest BCUT2D eigenvalue weighted by Crippen LogP contribution is -2.51. The maximum Gasteiger partial charge on any atom is 0.308 e. The second-order valence-electron chi connectivity index (χ2n) is 6.76. The highest BCUT2D eigenvalue weighted by atomic mass is 16.3. The first-order valence-corrected chi connectivity index (χ1v) is 8.56. The fraction of sp³-hybridized carbons (Fsp3) is 0.588. The zero-order chi connectivity index (χ0) is 18.6. The minimum absolute atomic E-state index is 0.122. The zero-order valence-electron chi connectivity index (χ0n) is 14.5. The number of ketones is 1. The van der Waals surface area contributed by atoms with Crippen molar-refractivity contribution in [3.8, 4) is 11.8 Å². The predicted molar refractivity (Wildman–Crippen MR) is 90.5 cm³/mol. The Labute approximate surface area is 146 Å². The van der Waals surface area contributed by atoms with E-state index in [-0.39, 0.29) is 17.7 Å². The molecule has 0 saturated heterocycles. The van der Waals surface area contributed by atoms with Crippen molar-refractivity contribution in [3.05, 3.63) is 12.1 Å². The Kier molecular flexibility index (Phi) is 6.06. The standard InChI is InChI=1S/C17H25N3O5/c1-10(2)14(18-16(24)11-6-4-3-5-7-11)15(23)17(25)19-20-12(21)8-9-13(20)22/h8-11,14,21-22H,3-7H2,1-2H3,(H,18,24)(H,19,25)/t14-/m0/s1. The highest BCUT2D eigenvalue weighted by Crippen LogP contribution is 2.24. The van der Waals surface area contributed by atoms with Crippen LogP contribution in [0.5, 0.6) is 11.8 Å². The van der Waals surface area contributed by atoms with Crippen LogP contribution >= 0.6 is 0 Å². The topological polar surface area (TPSA) is 121 Å². The summed E-state index contributed by atoms with van der Waals surface area (Å²) in [6, 6.07) is 1.38. The molecule has 1 heterocycles. The molecule has 0 bridgehead atoms. The molecule has 0 aromatic carbocycles. The Hall–Kier alpha value is -2.51. The smallest absolute Gasteiger partial charge is 0.308 e. The molecule has 0 aliphatic heterocycles. The number of nitrogens with zero attached hydrogens (tertiary/aromatic N) is 1. The molecule has 2 rings (SSSR count). The van der Waals surface area contributed by atoms with Gasteiger partial charge in [0.15, 0.2) is 0 Å². The van der Waals surface area contributed by atoms with E-state index in [4.69, 9.17) is 0 Å². The first-order chi connectivity index (χ1) is 11.8. The number of aromatic hydroxyl groups is 2. The fourth-order valence-corrected chi connectivity index (χ4v) is 3.00. The monoisotopic (exact) mass is 351 g/mol. The SMILES string of the molecule is CC(C)[C@H](NC(=O)C1CCCCC1)C(=O)C(=O)Nn1c(O)ccc1O. The van der Waals surface area contributed by atoms with Crippen LogP contribution in [-0.4, -0.2) is 38.5 Å². The molecule has 2 amide bonds. The van der Waals surface area contributed by atoms with E-state index in [0.717, 1.165) is 32.1 Å². The van der Waals surface area contributed by atoms with Crippen molar-refractivity contribution in [2.45, 2.75) is 52.0 Å². The van der Waals surface area contributed by atoms with Crippen LogP contribution in [0.25, 0.3) is 0 Å². The van der Waals surface area contributed by atoms with Gasteiger partial charge in [-0.3, -0.25) is 19.8 Å². The summed E-state index contributed by atoms with van der Waals surface area (Å²) in [6.07, 6.45) is 4.68. The van der Waals surface area contributed by atoms with E-state index >= 15 is 0 Å². The maximum atomic E-state index is 12.4. The van der Waals surface area contributed by atoms with Crippen LogP contribution in [0.3, 0.4) is 0 Å². The summed E-state index contributed by atoms with van der Waals surface area (Å²) in [5.74, 6) is -3.28. The van der Waals surface area contributed by atoms with Gasteiger partial charge in [0.2, 0.25) is 23.5 Å². The van der Waals surface area contributed by atoms with E-state index in [1.807, 2.05) is 0 Å². The van der Waals surface area contributed by atoms with E-state index in [0.29, 0.717) is 4.68 Å². The van der Waals surface area contributed by atoms with Crippen LogP contribution in [0.4, 0.5) is 0 Å². The highest BCUT2D eigenvalue weighted by Gasteiger charge is 2.32. The Morgan fingerprint density at radius 2 is 1.64 bits per heavy atom. The molecule has 1 aromatic rings. The fourth-order valence-electron chi connectivity index (χ4n) is 3.00. The number of amides is 2. The number of nitrogens with one attached hydrogen (secondary N) is 2. The summed E-state index contributed by atoms with van der Waals surface area (Å²) in [5, 5.41) is 21.8. The third-order valence-corrected chi connectivity index (χ3v) is 4.50. The highest BCUT2D eigenvalue weighted by molar-refractivity contribution is 6.41. The van der Waals surface area contributed by atoms with Gasteiger partial charge in [-0.05, 0) is 18.8 Å². The van der Waals surface area contributed by atoms with E-state index in [1.54, 1.807) is 13.8 Å². The number of rotatable bonds is 6. The Balaban J connectivity index is 2.04. The summed E-state index contributed by atoms with van der Waals surface area (Å²) in [6.45, 7) is 3.48. The minimum Gasteiger partial charge on any atom is -0.493 e. The van der Waals surface area contributed by atoms with E-state index in [9.17, 15) is 24.6 Å². The molecule has 1 atom stereocenters. The first-order valence-electron chi connectivity index (χ1n) is 8.56. The van der Waals surface area contributed by atoms with Crippen LogP contribution in [0.1, 0.15) is 46.0 Å². The van der Waals surface area contributed by atoms with Crippen LogP contribution < -0.4 is 10.7 Å². The van der Waals surface area contributed by atoms with E-state index in [1.165, 1.54) is 12.1 Å². The molecule has 8 heteroatoms. The molecule has 1 fully saturated rings. The van der Waals surface area contributed by atoms with E-state index < -0.39 is 29.5 Å². The molecule has 1 aromatic heterocycles. The number of Topliss-reactive ketones (excluding diaryl/α,β-unsaturated/α-hetero) is 1. The molecular formula is C17H25N3O5. The van der Waals surface area contributed by atoms with Gasteiger partial charge in [-0.2, -0.15) is 4.68 Å². The maximum absolute atomic E-state index is 12.4. The van der Waals surface area contributed by atoms with Gasteiger partial charge in [-0.25, -0.2) is 0 Å². The molecule has 8 nitrogen and oxygen atoms in total. The Morgan fingerprint density at radius 3 is 2.16 bits per heavy atom. The quantitative estimate of drug-likeness (QED) is 0.575. The van der Waals surface area contributed by atoms with Crippen molar-refractivity contribution in [2.75, 3.05) is 5.43 Å². The number of carbonyl (C=O) groups is 3. The van der Waals surface area contributed by atoms with Gasteiger partial charge < -0.3 is 15.5 Å². The van der Waals surface area contributed by atoms with Gasteiger partial charge in [0.25, 0.3) is 0 Å². The zero-order valence-corrected chi connectivity index (χ0v) is 14.5. The second kappa shape index (κ2) is 8.04. The van der Waals surface area contributed by atoms with Crippen molar-refractivity contribution in [2.24, 2.45) is 11.8 Å². The van der Waals surface area contributed by atoms with Crippen molar-refractivity contribution >= 4 is 17.6 Å². The van der Waals surface area contributed by atoms with Crippen molar-refractivity contribution < 1.29 is 24.6 Å². The predicted octanol–water partition coefficient (Wildman–Crippen LogP) is 1.26. The molecule has 0 radical (unpaired) electrons. The number of hydrogen-bond acceptors (Lipinski definition) is 5. The molecule has 138 valence electrons. The van der Waals surface area contributed by atoms with Crippen LogP contribution in [0.2, 0.25) is 0 Å². The van der Waals surface area contributed by atoms with Gasteiger partial charge in [0.05, 0.1) is 6.04 Å². The Morgan fingerprint density at radius 1 is 1.08 bits per heavy atom. The molecule has 25 heavy (non-hydrogen) atoms. The molecule has 1 saturated carbocycles. The third kappa shape index (κ3) is 4.52. The van der Waals surface area contributed by atoms with Crippen LogP contribution in [0, 0.1) is 11.8 Å². The van der Waals surface area contributed by atoms with Crippen molar-refractivity contribution in [1.29, 1.82) is 0 Å². The molecule has 0 spiro atoms. The third-order valence-electron chi connectivity index (χ3n) is 4.50. The van der Waals surface area contributed by atoms with Crippen molar-refractivity contribution in [3.63, 3.8) is 0 Å².